The number of likely N-dealkylation sites (tertiary alicyclic amines) is 1. The summed E-state index contributed by atoms with van der Waals surface area (Å²) in [5, 5.41) is 7.01. The molecule has 2 aromatic carbocycles. The fraction of sp³-hybridized carbons (Fsp3) is 0.348. The summed E-state index contributed by atoms with van der Waals surface area (Å²) in [5.41, 5.74) is 2.88. The Morgan fingerprint density at radius 3 is 2.97 bits per heavy atom. The number of aromatic nitrogens is 2. The largest absolute Gasteiger partial charge is 0.351 e. The Balaban J connectivity index is 1.33. The number of aryl methyl sites for hydroxylation is 1. The monoisotopic (exact) mass is 408 g/mol. The van der Waals surface area contributed by atoms with Crippen molar-refractivity contribution in [3.8, 4) is 11.4 Å². The molecule has 3 aromatic rings. The third kappa shape index (κ3) is 4.91. The third-order valence-electron chi connectivity index (χ3n) is 5.48. The van der Waals surface area contributed by atoms with Crippen LogP contribution in [0.5, 0.6) is 0 Å². The van der Waals surface area contributed by atoms with Gasteiger partial charge in [-0.2, -0.15) is 4.98 Å². The summed E-state index contributed by atoms with van der Waals surface area (Å²) in [5.74, 6) is 0.666. The number of carbonyl (C=O) groups excluding carboxylic acids is 1. The first kappa shape index (κ1) is 20.2. The molecule has 1 aromatic heterocycles. The quantitative estimate of drug-likeness (QED) is 0.674. The molecule has 1 N–H and O–H groups in total. The lowest BCUT2D eigenvalue weighted by molar-refractivity contribution is -0.122. The van der Waals surface area contributed by atoms with Crippen molar-refractivity contribution in [1.29, 1.82) is 0 Å². The van der Waals surface area contributed by atoms with Gasteiger partial charge in [-0.3, -0.25) is 9.69 Å². The maximum Gasteiger partial charge on any atom is 0.234 e. The highest BCUT2D eigenvalue weighted by molar-refractivity contribution is 5.78. The van der Waals surface area contributed by atoms with Crippen LogP contribution in [0.3, 0.4) is 0 Å². The van der Waals surface area contributed by atoms with Crippen LogP contribution >= 0.6 is 0 Å². The van der Waals surface area contributed by atoms with Gasteiger partial charge in [-0.25, -0.2) is 4.39 Å². The van der Waals surface area contributed by atoms with Crippen LogP contribution in [0.2, 0.25) is 0 Å². The van der Waals surface area contributed by atoms with E-state index in [1.807, 2.05) is 31.2 Å². The lowest BCUT2D eigenvalue weighted by Gasteiger charge is -2.30. The van der Waals surface area contributed by atoms with E-state index in [4.69, 9.17) is 4.52 Å². The Morgan fingerprint density at radius 1 is 1.27 bits per heavy atom. The molecule has 1 aliphatic heterocycles. The summed E-state index contributed by atoms with van der Waals surface area (Å²) >= 11 is 0. The lowest BCUT2D eigenvalue weighted by Crippen LogP contribution is -2.41. The first-order valence-electron chi connectivity index (χ1n) is 10.2. The van der Waals surface area contributed by atoms with Gasteiger partial charge < -0.3 is 9.84 Å². The van der Waals surface area contributed by atoms with E-state index >= 15 is 0 Å². The molecule has 156 valence electrons. The van der Waals surface area contributed by atoms with Crippen LogP contribution in [0.4, 0.5) is 4.39 Å². The van der Waals surface area contributed by atoms with Gasteiger partial charge in [0.25, 0.3) is 0 Å². The number of hydrogen-bond donors (Lipinski definition) is 1. The van der Waals surface area contributed by atoms with Gasteiger partial charge in [0.2, 0.25) is 17.6 Å². The van der Waals surface area contributed by atoms with Crippen molar-refractivity contribution in [2.24, 2.45) is 0 Å². The van der Waals surface area contributed by atoms with Crippen molar-refractivity contribution in [3.05, 3.63) is 71.4 Å². The first-order valence-corrected chi connectivity index (χ1v) is 10.2. The predicted octanol–water partition coefficient (Wildman–Crippen LogP) is 3.68. The highest BCUT2D eigenvalue weighted by Crippen LogP contribution is 2.27. The number of carbonyl (C=O) groups is 1. The summed E-state index contributed by atoms with van der Waals surface area (Å²) in [6, 6.07) is 14.2. The van der Waals surface area contributed by atoms with Gasteiger partial charge in [-0.05, 0) is 49.6 Å². The molecule has 1 unspecified atom stereocenters. The van der Waals surface area contributed by atoms with Crippen molar-refractivity contribution < 1.29 is 13.7 Å². The number of nitrogens with one attached hydrogen (secondary N) is 1. The van der Waals surface area contributed by atoms with Crippen molar-refractivity contribution >= 4 is 5.91 Å². The average molecular weight is 408 g/mol. The summed E-state index contributed by atoms with van der Waals surface area (Å²) in [7, 11) is 0. The van der Waals surface area contributed by atoms with Crippen LogP contribution < -0.4 is 5.32 Å². The molecule has 1 atom stereocenters. The summed E-state index contributed by atoms with van der Waals surface area (Å²) < 4.78 is 18.9. The summed E-state index contributed by atoms with van der Waals surface area (Å²) in [6.07, 6.45) is 1.87. The van der Waals surface area contributed by atoms with E-state index in [2.05, 4.69) is 20.4 Å². The van der Waals surface area contributed by atoms with Crippen LogP contribution in [-0.2, 0) is 11.3 Å². The minimum absolute atomic E-state index is 0.00452. The Hall–Kier alpha value is -3.06. The molecule has 0 bridgehead atoms. The van der Waals surface area contributed by atoms with Crippen molar-refractivity contribution in [1.82, 2.24) is 20.4 Å². The van der Waals surface area contributed by atoms with E-state index in [0.717, 1.165) is 24.9 Å². The fourth-order valence-electron chi connectivity index (χ4n) is 3.81. The van der Waals surface area contributed by atoms with Crippen LogP contribution in [0.1, 0.15) is 35.8 Å². The number of nitrogens with zero attached hydrogens (tertiary/aromatic N) is 3. The van der Waals surface area contributed by atoms with E-state index in [9.17, 15) is 9.18 Å². The van der Waals surface area contributed by atoms with Crippen molar-refractivity contribution in [2.45, 2.75) is 32.2 Å². The highest BCUT2D eigenvalue weighted by Gasteiger charge is 2.27. The van der Waals surface area contributed by atoms with E-state index in [-0.39, 0.29) is 17.6 Å². The van der Waals surface area contributed by atoms with Crippen LogP contribution in [0, 0.1) is 12.7 Å². The number of hydrogen-bond acceptors (Lipinski definition) is 5. The molecule has 7 heteroatoms. The molecule has 0 spiro atoms. The molecule has 1 amide bonds. The van der Waals surface area contributed by atoms with Crippen molar-refractivity contribution in [2.75, 3.05) is 19.6 Å². The molecule has 0 saturated carbocycles. The predicted molar refractivity (Wildman–Crippen MR) is 111 cm³/mol. The third-order valence-corrected chi connectivity index (χ3v) is 5.48. The second kappa shape index (κ2) is 9.17. The Bertz CT molecular complexity index is 1020. The minimum Gasteiger partial charge on any atom is -0.351 e. The molecule has 0 radical (unpaired) electrons. The van der Waals surface area contributed by atoms with E-state index in [0.29, 0.717) is 36.9 Å². The van der Waals surface area contributed by atoms with Crippen LogP contribution in [-0.4, -0.2) is 40.6 Å². The average Bonchev–Trinajstić information content (AvgIpc) is 3.24. The maximum absolute atomic E-state index is 13.4. The molecule has 1 fully saturated rings. The smallest absolute Gasteiger partial charge is 0.234 e. The van der Waals surface area contributed by atoms with E-state index in [1.165, 1.54) is 17.7 Å². The van der Waals surface area contributed by atoms with Gasteiger partial charge >= 0.3 is 0 Å². The SMILES string of the molecule is Cc1ccccc1CNC(=O)CN1CCCC(c2nc(-c3cccc(F)c3)no2)C1. The standard InChI is InChI=1S/C23H25FN4O2/c1-16-6-2-3-7-18(16)13-25-21(29)15-28-11-5-9-19(14-28)23-26-22(27-30-23)17-8-4-10-20(24)12-17/h2-4,6-8,10,12,19H,5,9,11,13-15H2,1H3,(H,25,29). The van der Waals surface area contributed by atoms with Gasteiger partial charge in [0.1, 0.15) is 5.82 Å². The van der Waals surface area contributed by atoms with Crippen molar-refractivity contribution in [3.63, 3.8) is 0 Å². The van der Waals surface area contributed by atoms with Gasteiger partial charge in [0, 0.05) is 18.7 Å². The topological polar surface area (TPSA) is 71.3 Å². The van der Waals surface area contributed by atoms with Gasteiger partial charge in [0.15, 0.2) is 0 Å². The summed E-state index contributed by atoms with van der Waals surface area (Å²) in [6.45, 7) is 4.46. The Kier molecular flexibility index (Phi) is 6.18. The second-order valence-corrected chi connectivity index (χ2v) is 7.74. The Labute approximate surface area is 175 Å². The molecule has 2 heterocycles. The second-order valence-electron chi connectivity index (χ2n) is 7.74. The molecular formula is C23H25FN4O2. The van der Waals surface area contributed by atoms with E-state index in [1.54, 1.807) is 12.1 Å². The zero-order valence-electron chi connectivity index (χ0n) is 17.0. The number of rotatable bonds is 6. The molecule has 1 saturated heterocycles. The molecular weight excluding hydrogens is 383 g/mol. The first-order chi connectivity index (χ1) is 14.6. The molecule has 4 rings (SSSR count). The van der Waals surface area contributed by atoms with Gasteiger partial charge in [-0.15, -0.1) is 0 Å². The Morgan fingerprint density at radius 2 is 2.13 bits per heavy atom. The lowest BCUT2D eigenvalue weighted by atomic mass is 9.98. The number of halogens is 1. The van der Waals surface area contributed by atoms with Crippen LogP contribution in [0.15, 0.2) is 53.1 Å². The van der Waals surface area contributed by atoms with Gasteiger partial charge in [0.05, 0.1) is 12.5 Å². The number of amides is 1. The number of benzene rings is 2. The molecule has 0 aliphatic carbocycles. The van der Waals surface area contributed by atoms with Gasteiger partial charge in [-0.1, -0.05) is 41.6 Å². The van der Waals surface area contributed by atoms with E-state index < -0.39 is 0 Å². The molecule has 6 nitrogen and oxygen atoms in total. The maximum atomic E-state index is 13.4. The highest BCUT2D eigenvalue weighted by atomic mass is 19.1. The number of piperidine rings is 1. The molecule has 30 heavy (non-hydrogen) atoms. The zero-order valence-corrected chi connectivity index (χ0v) is 17.0. The van der Waals surface area contributed by atoms with Crippen LogP contribution in [0.25, 0.3) is 11.4 Å². The minimum atomic E-state index is -0.334. The molecule has 1 aliphatic rings. The summed E-state index contributed by atoms with van der Waals surface area (Å²) in [4.78, 5) is 19.0. The normalized spacial score (nSPS) is 17.1. The fourth-order valence-corrected chi connectivity index (χ4v) is 3.81. The zero-order chi connectivity index (χ0) is 20.9.